The van der Waals surface area contributed by atoms with Crippen molar-refractivity contribution in [3.63, 3.8) is 0 Å². The minimum Gasteiger partial charge on any atom is -0.216 e. The Kier molecular flexibility index (Phi) is 2.95. The van der Waals surface area contributed by atoms with Gasteiger partial charge < -0.3 is 0 Å². The first-order valence-electron chi connectivity index (χ1n) is 3.24. The second kappa shape index (κ2) is 3.83. The maximum atomic E-state index is 12.5. The fourth-order valence-corrected chi connectivity index (χ4v) is 1.97. The van der Waals surface area contributed by atoms with Crippen LogP contribution in [0.1, 0.15) is 0 Å². The van der Waals surface area contributed by atoms with Gasteiger partial charge in [0.05, 0.1) is 9.92 Å². The van der Waals surface area contributed by atoms with Gasteiger partial charge in [-0.1, -0.05) is 11.6 Å². The predicted molar refractivity (Wildman–Crippen MR) is 47.7 cm³/mol. The molecule has 0 aliphatic rings. The van der Waals surface area contributed by atoms with Crippen molar-refractivity contribution in [2.75, 3.05) is 0 Å². The van der Waals surface area contributed by atoms with E-state index in [-0.39, 0.29) is 5.02 Å². The van der Waals surface area contributed by atoms with Gasteiger partial charge in [0.15, 0.2) is 0 Å². The lowest BCUT2D eigenvalue weighted by atomic mass is 10.3. The number of azide groups is 1. The number of sulfonamides is 1. The van der Waals surface area contributed by atoms with Crippen molar-refractivity contribution in [1.29, 1.82) is 0 Å². The molecular weight excluding hydrogens is 233 g/mol. The quantitative estimate of drug-likeness (QED) is 0.448. The van der Waals surface area contributed by atoms with Crippen LogP contribution in [0, 0.1) is 5.82 Å². The van der Waals surface area contributed by atoms with Gasteiger partial charge in [0, 0.05) is 9.43 Å². The molecule has 0 saturated heterocycles. The van der Waals surface area contributed by atoms with E-state index in [2.05, 4.69) is 9.43 Å². The molecule has 0 N–H and O–H groups in total. The molecule has 0 unspecified atom stereocenters. The molecule has 0 saturated carbocycles. The fraction of sp³-hybridized carbons (Fsp3) is 0. The number of rotatable bonds is 2. The van der Waals surface area contributed by atoms with Crippen LogP contribution in [-0.4, -0.2) is 8.42 Å². The summed E-state index contributed by atoms with van der Waals surface area (Å²) >= 11 is 5.45. The average Bonchev–Trinajstić information content (AvgIpc) is 2.02. The molecule has 0 aromatic heterocycles. The number of hydrogen-bond donors (Lipinski definition) is 0. The van der Waals surface area contributed by atoms with Gasteiger partial charge in [-0.25, -0.2) is 12.8 Å². The van der Waals surface area contributed by atoms with Crippen LogP contribution in [0.4, 0.5) is 4.39 Å². The number of nitrogens with zero attached hydrogens (tertiary/aromatic N) is 3. The van der Waals surface area contributed by atoms with E-state index in [0.717, 1.165) is 18.2 Å². The Labute approximate surface area is 83.8 Å². The molecule has 0 spiro atoms. The molecule has 0 aliphatic heterocycles. The molecule has 74 valence electrons. The van der Waals surface area contributed by atoms with Gasteiger partial charge >= 0.3 is 0 Å². The van der Waals surface area contributed by atoms with Crippen LogP contribution in [0.3, 0.4) is 0 Å². The van der Waals surface area contributed by atoms with E-state index in [1.165, 1.54) is 0 Å². The Bertz CT molecular complexity index is 510. The molecule has 0 bridgehead atoms. The molecule has 0 atom stereocenters. The summed E-state index contributed by atoms with van der Waals surface area (Å²) in [5.41, 5.74) is 7.97. The summed E-state index contributed by atoms with van der Waals surface area (Å²) in [5.74, 6) is -0.671. The number of halogens is 2. The van der Waals surface area contributed by atoms with E-state index in [4.69, 9.17) is 17.1 Å². The summed E-state index contributed by atoms with van der Waals surface area (Å²) in [4.78, 5) is 1.71. The molecule has 0 radical (unpaired) electrons. The zero-order valence-electron chi connectivity index (χ0n) is 6.55. The molecule has 8 heteroatoms. The summed E-state index contributed by atoms with van der Waals surface area (Å²) in [7, 11) is -4.15. The molecule has 0 amide bonds. The summed E-state index contributed by atoms with van der Waals surface area (Å²) in [6, 6.07) is 2.66. The Hall–Kier alpha value is -1.30. The summed E-state index contributed by atoms with van der Waals surface area (Å²) < 4.78 is 37.4. The maximum Gasteiger partial charge on any atom is 0.265 e. The predicted octanol–water partition coefficient (Wildman–Crippen LogP) is 2.48. The van der Waals surface area contributed by atoms with Crippen LogP contribution in [0.15, 0.2) is 27.6 Å². The summed E-state index contributed by atoms with van der Waals surface area (Å²) in [6.07, 6.45) is 0. The summed E-state index contributed by atoms with van der Waals surface area (Å²) in [6.45, 7) is 0. The standard InChI is InChI=1S/C6H3ClFN3O2S/c7-5-3-4(8)1-2-6(5)14(12,13)11-10-9/h1-3H. The zero-order chi connectivity index (χ0) is 10.8. The number of benzene rings is 1. The van der Waals surface area contributed by atoms with Gasteiger partial charge in [0.1, 0.15) is 5.82 Å². The van der Waals surface area contributed by atoms with Gasteiger partial charge in [-0.15, -0.1) is 0 Å². The Morgan fingerprint density at radius 3 is 2.64 bits per heavy atom. The molecule has 5 nitrogen and oxygen atoms in total. The van der Waals surface area contributed by atoms with Crippen molar-refractivity contribution in [2.24, 2.45) is 4.52 Å². The third-order valence-electron chi connectivity index (χ3n) is 1.32. The highest BCUT2D eigenvalue weighted by Gasteiger charge is 2.16. The van der Waals surface area contributed by atoms with Crippen molar-refractivity contribution in [1.82, 2.24) is 0 Å². The normalized spacial score (nSPS) is 10.7. The second-order valence-corrected chi connectivity index (χ2v) is 4.18. The highest BCUT2D eigenvalue weighted by Crippen LogP contribution is 2.23. The second-order valence-electron chi connectivity index (χ2n) is 2.22. The van der Waals surface area contributed by atoms with Gasteiger partial charge in [-0.05, 0) is 23.7 Å². The van der Waals surface area contributed by atoms with Crippen LogP contribution in [0.25, 0.3) is 10.4 Å². The van der Waals surface area contributed by atoms with Crippen molar-refractivity contribution in [2.45, 2.75) is 4.90 Å². The van der Waals surface area contributed by atoms with Crippen molar-refractivity contribution in [3.8, 4) is 0 Å². The highest BCUT2D eigenvalue weighted by molar-refractivity contribution is 7.90. The van der Waals surface area contributed by atoms with E-state index in [0.29, 0.717) is 0 Å². The van der Waals surface area contributed by atoms with Crippen LogP contribution in [-0.2, 0) is 10.0 Å². The third kappa shape index (κ3) is 2.14. The van der Waals surface area contributed by atoms with Crippen LogP contribution in [0.5, 0.6) is 0 Å². The molecule has 1 aromatic rings. The third-order valence-corrected chi connectivity index (χ3v) is 2.94. The van der Waals surface area contributed by atoms with Gasteiger partial charge in [-0.2, -0.15) is 0 Å². The SMILES string of the molecule is [N-]=[N+]=NS(=O)(=O)c1ccc(F)cc1Cl. The minimum atomic E-state index is -4.15. The largest absolute Gasteiger partial charge is 0.265 e. The minimum absolute atomic E-state index is 0.322. The zero-order valence-corrected chi connectivity index (χ0v) is 8.13. The fourth-order valence-electron chi connectivity index (χ4n) is 0.776. The smallest absolute Gasteiger partial charge is 0.216 e. The van der Waals surface area contributed by atoms with Crippen molar-refractivity contribution in [3.05, 3.63) is 39.5 Å². The van der Waals surface area contributed by atoms with Crippen LogP contribution >= 0.6 is 11.6 Å². The molecular formula is C6H3ClFN3O2S. The molecule has 1 rings (SSSR count). The van der Waals surface area contributed by atoms with Gasteiger partial charge in [0.2, 0.25) is 0 Å². The molecule has 0 fully saturated rings. The Morgan fingerprint density at radius 1 is 1.50 bits per heavy atom. The lowest BCUT2D eigenvalue weighted by Crippen LogP contribution is -1.96. The van der Waals surface area contributed by atoms with E-state index < -0.39 is 20.7 Å². The van der Waals surface area contributed by atoms with E-state index in [9.17, 15) is 12.8 Å². The van der Waals surface area contributed by atoms with Gasteiger partial charge in [-0.3, -0.25) is 0 Å². The first kappa shape index (κ1) is 10.8. The topological polar surface area (TPSA) is 82.9 Å². The van der Waals surface area contributed by atoms with Crippen LogP contribution in [0.2, 0.25) is 5.02 Å². The van der Waals surface area contributed by atoms with Crippen molar-refractivity contribution >= 4 is 21.6 Å². The van der Waals surface area contributed by atoms with Gasteiger partial charge in [0.25, 0.3) is 10.0 Å². The van der Waals surface area contributed by atoms with E-state index in [1.807, 2.05) is 0 Å². The van der Waals surface area contributed by atoms with E-state index >= 15 is 0 Å². The molecule has 14 heavy (non-hydrogen) atoms. The first-order valence-corrected chi connectivity index (χ1v) is 5.05. The maximum absolute atomic E-state index is 12.5. The summed E-state index contributed by atoms with van der Waals surface area (Å²) in [5, 5.41) is -0.322. The number of hydrogen-bond acceptors (Lipinski definition) is 2. The van der Waals surface area contributed by atoms with E-state index in [1.54, 1.807) is 0 Å². The monoisotopic (exact) mass is 235 g/mol. The lowest BCUT2D eigenvalue weighted by Gasteiger charge is -1.99. The average molecular weight is 236 g/mol. The Balaban J connectivity index is 3.41. The van der Waals surface area contributed by atoms with Crippen molar-refractivity contribution < 1.29 is 12.8 Å². The molecule has 0 heterocycles. The highest BCUT2D eigenvalue weighted by atomic mass is 35.5. The van der Waals surface area contributed by atoms with Crippen LogP contribution < -0.4 is 0 Å². The molecule has 0 aliphatic carbocycles. The first-order chi connectivity index (χ1) is 6.47. The lowest BCUT2D eigenvalue weighted by molar-refractivity contribution is 0.596. The Morgan fingerprint density at radius 2 is 2.14 bits per heavy atom. The molecule has 1 aromatic carbocycles.